The van der Waals surface area contributed by atoms with E-state index in [-0.39, 0.29) is 17.7 Å². The largest absolute Gasteiger partial charge is 0.360 e. The van der Waals surface area contributed by atoms with Crippen molar-refractivity contribution in [1.29, 1.82) is 0 Å². The number of rotatable bonds is 5. The number of nitrogens with zero attached hydrogens (tertiary/aromatic N) is 1. The van der Waals surface area contributed by atoms with Gasteiger partial charge in [0.2, 0.25) is 0 Å². The normalized spacial score (nSPS) is 15.6. The number of halogens is 2. The Labute approximate surface area is 126 Å². The third-order valence-electron chi connectivity index (χ3n) is 3.69. The Morgan fingerprint density at radius 2 is 2.09 bits per heavy atom. The van der Waals surface area contributed by atoms with E-state index < -0.39 is 23.6 Å². The maximum absolute atomic E-state index is 13.6. The van der Waals surface area contributed by atoms with Crippen LogP contribution in [0.3, 0.4) is 0 Å². The highest BCUT2D eigenvalue weighted by Gasteiger charge is 2.29. The zero-order valence-corrected chi connectivity index (χ0v) is 12.1. The van der Waals surface area contributed by atoms with Gasteiger partial charge in [-0.3, -0.25) is 4.79 Å². The molecule has 1 atom stereocenters. The molecule has 1 saturated carbocycles. The first-order valence-corrected chi connectivity index (χ1v) is 7.25. The number of hydrogen-bond acceptors (Lipinski definition) is 3. The molecule has 0 spiro atoms. The number of nitrogens with one attached hydrogen (secondary N) is 1. The smallest absolute Gasteiger partial charge is 0.273 e. The lowest BCUT2D eigenvalue weighted by Gasteiger charge is -2.13. The summed E-state index contributed by atoms with van der Waals surface area (Å²) in [6.07, 6.45) is 2.18. The standard InChI is InChI=1S/C16H16F2N2O2/c1-9(7-11-12(17)3-2-4-13(11)18)19-16(21)14-8-15(22-20-14)10-5-6-10/h2-4,8-10H,5-7H2,1H3,(H,19,21)/t9-/m0/s1. The molecular weight excluding hydrogens is 290 g/mol. The highest BCUT2D eigenvalue weighted by molar-refractivity contribution is 5.92. The third-order valence-corrected chi connectivity index (χ3v) is 3.69. The van der Waals surface area contributed by atoms with Crippen LogP contribution in [0.2, 0.25) is 0 Å². The minimum Gasteiger partial charge on any atom is -0.360 e. The Morgan fingerprint density at radius 3 is 2.73 bits per heavy atom. The maximum Gasteiger partial charge on any atom is 0.273 e. The van der Waals surface area contributed by atoms with Crippen LogP contribution in [0.4, 0.5) is 8.78 Å². The Kier molecular flexibility index (Phi) is 3.92. The van der Waals surface area contributed by atoms with E-state index in [9.17, 15) is 13.6 Å². The molecule has 1 amide bonds. The minimum atomic E-state index is -0.612. The second-order valence-electron chi connectivity index (χ2n) is 5.67. The molecule has 1 fully saturated rings. The van der Waals surface area contributed by atoms with Gasteiger partial charge in [-0.05, 0) is 38.3 Å². The zero-order chi connectivity index (χ0) is 15.7. The van der Waals surface area contributed by atoms with E-state index in [2.05, 4.69) is 10.5 Å². The summed E-state index contributed by atoms with van der Waals surface area (Å²) in [7, 11) is 0. The fraction of sp³-hybridized carbons (Fsp3) is 0.375. The van der Waals surface area contributed by atoms with Crippen molar-refractivity contribution in [3.63, 3.8) is 0 Å². The van der Waals surface area contributed by atoms with Crippen molar-refractivity contribution in [3.05, 3.63) is 52.9 Å². The number of carbonyl (C=O) groups excluding carboxylic acids is 1. The summed E-state index contributed by atoms with van der Waals surface area (Å²) in [6.45, 7) is 1.69. The minimum absolute atomic E-state index is 0.0332. The van der Waals surface area contributed by atoms with Crippen molar-refractivity contribution < 1.29 is 18.1 Å². The van der Waals surface area contributed by atoms with Crippen LogP contribution < -0.4 is 5.32 Å². The molecule has 0 saturated heterocycles. The summed E-state index contributed by atoms with van der Waals surface area (Å²) in [6, 6.07) is 4.91. The first-order chi connectivity index (χ1) is 10.5. The van der Waals surface area contributed by atoms with Crippen molar-refractivity contribution in [3.8, 4) is 0 Å². The number of hydrogen-bond donors (Lipinski definition) is 1. The molecule has 0 unspecified atom stereocenters. The van der Waals surface area contributed by atoms with Crippen molar-refractivity contribution in [2.75, 3.05) is 0 Å². The van der Waals surface area contributed by atoms with Crippen LogP contribution in [-0.2, 0) is 6.42 Å². The van der Waals surface area contributed by atoms with Crippen molar-refractivity contribution in [2.24, 2.45) is 0 Å². The summed E-state index contributed by atoms with van der Waals surface area (Å²) in [5.41, 5.74) is 0.164. The Morgan fingerprint density at radius 1 is 1.41 bits per heavy atom. The fourth-order valence-electron chi connectivity index (χ4n) is 2.34. The van der Waals surface area contributed by atoms with Gasteiger partial charge < -0.3 is 9.84 Å². The van der Waals surface area contributed by atoms with E-state index >= 15 is 0 Å². The van der Waals surface area contributed by atoms with Gasteiger partial charge in [-0.1, -0.05) is 11.2 Å². The highest BCUT2D eigenvalue weighted by atomic mass is 19.1. The van der Waals surface area contributed by atoms with Gasteiger partial charge in [0, 0.05) is 23.6 Å². The first kappa shape index (κ1) is 14.7. The SMILES string of the molecule is C[C@@H](Cc1c(F)cccc1F)NC(=O)c1cc(C2CC2)on1. The number of carbonyl (C=O) groups is 1. The van der Waals surface area contributed by atoms with Crippen LogP contribution >= 0.6 is 0 Å². The Hall–Kier alpha value is -2.24. The maximum atomic E-state index is 13.6. The summed E-state index contributed by atoms with van der Waals surface area (Å²) in [4.78, 5) is 12.1. The number of benzene rings is 1. The average molecular weight is 306 g/mol. The van der Waals surface area contributed by atoms with E-state index in [1.54, 1.807) is 13.0 Å². The van der Waals surface area contributed by atoms with E-state index in [0.29, 0.717) is 5.92 Å². The molecule has 0 radical (unpaired) electrons. The van der Waals surface area contributed by atoms with E-state index in [1.807, 2.05) is 0 Å². The van der Waals surface area contributed by atoms with Gasteiger partial charge in [-0.25, -0.2) is 8.78 Å². The molecule has 22 heavy (non-hydrogen) atoms. The van der Waals surface area contributed by atoms with Gasteiger partial charge >= 0.3 is 0 Å². The number of aromatic nitrogens is 1. The Bertz CT molecular complexity index is 675. The molecule has 116 valence electrons. The summed E-state index contributed by atoms with van der Waals surface area (Å²) in [5, 5.41) is 6.41. The van der Waals surface area contributed by atoms with Gasteiger partial charge in [0.05, 0.1) is 0 Å². The van der Waals surface area contributed by atoms with Gasteiger partial charge in [-0.15, -0.1) is 0 Å². The second-order valence-corrected chi connectivity index (χ2v) is 5.67. The molecule has 2 aromatic rings. The molecule has 6 heteroatoms. The van der Waals surface area contributed by atoms with Crippen molar-refractivity contribution >= 4 is 5.91 Å². The monoisotopic (exact) mass is 306 g/mol. The number of amides is 1. The van der Waals surface area contributed by atoms with Gasteiger partial charge in [0.1, 0.15) is 17.4 Å². The predicted molar refractivity (Wildman–Crippen MR) is 75.5 cm³/mol. The van der Waals surface area contributed by atoms with Gasteiger partial charge in [0.25, 0.3) is 5.91 Å². The summed E-state index contributed by atoms with van der Waals surface area (Å²) in [5.74, 6) is -0.533. The molecule has 1 aromatic carbocycles. The van der Waals surface area contributed by atoms with Crippen LogP contribution in [0.1, 0.15) is 47.5 Å². The van der Waals surface area contributed by atoms with E-state index in [4.69, 9.17) is 4.52 Å². The lowest BCUT2D eigenvalue weighted by atomic mass is 10.1. The van der Waals surface area contributed by atoms with Crippen molar-refractivity contribution in [1.82, 2.24) is 10.5 Å². The molecular formula is C16H16F2N2O2. The molecule has 0 aliphatic heterocycles. The second kappa shape index (κ2) is 5.87. The average Bonchev–Trinajstić information content (AvgIpc) is 3.20. The Balaban J connectivity index is 1.63. The van der Waals surface area contributed by atoms with Crippen LogP contribution in [0.25, 0.3) is 0 Å². The van der Waals surface area contributed by atoms with Crippen molar-refractivity contribution in [2.45, 2.75) is 38.1 Å². The first-order valence-electron chi connectivity index (χ1n) is 7.25. The molecule has 1 heterocycles. The molecule has 1 aliphatic rings. The van der Waals surface area contributed by atoms with E-state index in [1.165, 1.54) is 18.2 Å². The van der Waals surface area contributed by atoms with Gasteiger partial charge in [0.15, 0.2) is 5.69 Å². The molecule has 3 rings (SSSR count). The fourth-order valence-corrected chi connectivity index (χ4v) is 2.34. The molecule has 4 nitrogen and oxygen atoms in total. The summed E-state index contributed by atoms with van der Waals surface area (Å²) >= 11 is 0. The van der Waals surface area contributed by atoms with E-state index in [0.717, 1.165) is 18.6 Å². The predicted octanol–water partition coefficient (Wildman–Crippen LogP) is 3.19. The van der Waals surface area contributed by atoms with Crippen LogP contribution in [0.5, 0.6) is 0 Å². The lowest BCUT2D eigenvalue weighted by Crippen LogP contribution is -2.34. The topological polar surface area (TPSA) is 55.1 Å². The van der Waals surface area contributed by atoms with Crippen LogP contribution in [0.15, 0.2) is 28.8 Å². The summed E-state index contributed by atoms with van der Waals surface area (Å²) < 4.78 is 32.3. The van der Waals surface area contributed by atoms with Crippen LogP contribution in [-0.4, -0.2) is 17.1 Å². The lowest BCUT2D eigenvalue weighted by molar-refractivity contribution is 0.0930. The molecule has 1 aliphatic carbocycles. The third kappa shape index (κ3) is 3.16. The molecule has 1 N–H and O–H groups in total. The highest BCUT2D eigenvalue weighted by Crippen LogP contribution is 2.40. The zero-order valence-electron chi connectivity index (χ0n) is 12.1. The van der Waals surface area contributed by atoms with Gasteiger partial charge in [-0.2, -0.15) is 0 Å². The van der Waals surface area contributed by atoms with Crippen LogP contribution in [0, 0.1) is 11.6 Å². The molecule has 1 aromatic heterocycles. The molecule has 0 bridgehead atoms. The quantitative estimate of drug-likeness (QED) is 0.923.